The maximum absolute atomic E-state index is 11.2. The van der Waals surface area contributed by atoms with Crippen molar-refractivity contribution in [3.63, 3.8) is 0 Å². The highest BCUT2D eigenvalue weighted by Crippen LogP contribution is 2.45. The molecule has 1 unspecified atom stereocenters. The van der Waals surface area contributed by atoms with Gasteiger partial charge in [0.1, 0.15) is 0 Å². The lowest BCUT2D eigenvalue weighted by molar-refractivity contribution is -0.119. The summed E-state index contributed by atoms with van der Waals surface area (Å²) in [4.78, 5) is 13.8. The van der Waals surface area contributed by atoms with Gasteiger partial charge in [-0.15, -0.1) is 0 Å². The van der Waals surface area contributed by atoms with Crippen LogP contribution in [0.15, 0.2) is 36.4 Å². The molecule has 0 bridgehead atoms. The number of carbonyl (C=O) groups excluding carboxylic acids is 1. The highest BCUT2D eigenvalue weighted by molar-refractivity contribution is 5.75. The monoisotopic (exact) mass is 395 g/mol. The van der Waals surface area contributed by atoms with Crippen molar-refractivity contribution < 1.29 is 14.3 Å². The molecule has 0 aromatic heterocycles. The summed E-state index contributed by atoms with van der Waals surface area (Å²) in [5.74, 6) is 1.10. The largest absolute Gasteiger partial charge is 0.493 e. The predicted octanol–water partition coefficient (Wildman–Crippen LogP) is 2.28. The maximum Gasteiger partial charge on any atom is 0.255 e. The number of aryl methyl sites for hydroxylation is 1. The summed E-state index contributed by atoms with van der Waals surface area (Å²) in [5.41, 5.74) is 16.9. The molecule has 2 aliphatic heterocycles. The summed E-state index contributed by atoms with van der Waals surface area (Å²) in [5, 5.41) is 0. The number of rotatable bonds is 5. The Kier molecular flexibility index (Phi) is 5.48. The second-order valence-corrected chi connectivity index (χ2v) is 8.10. The Morgan fingerprint density at radius 3 is 2.83 bits per heavy atom. The quantitative estimate of drug-likeness (QED) is 0.811. The fourth-order valence-corrected chi connectivity index (χ4v) is 4.82. The molecular formula is C23H29N3O3. The van der Waals surface area contributed by atoms with E-state index in [0.717, 1.165) is 31.5 Å². The van der Waals surface area contributed by atoms with Crippen LogP contribution in [0.1, 0.15) is 40.6 Å². The van der Waals surface area contributed by atoms with Crippen molar-refractivity contribution in [3.8, 4) is 11.5 Å². The van der Waals surface area contributed by atoms with Crippen molar-refractivity contribution in [2.24, 2.45) is 11.5 Å². The summed E-state index contributed by atoms with van der Waals surface area (Å²) in [6.45, 7) is 3.83. The molecule has 6 heteroatoms. The van der Waals surface area contributed by atoms with Crippen LogP contribution in [0.4, 0.5) is 0 Å². The molecule has 3 atom stereocenters. The molecule has 2 aromatic rings. The van der Waals surface area contributed by atoms with Crippen LogP contribution in [0, 0.1) is 6.92 Å². The Hall–Kier alpha value is -2.57. The molecular weight excluding hydrogens is 366 g/mol. The molecule has 2 aliphatic rings. The molecule has 2 aromatic carbocycles. The number of fused-ring (bicyclic) bond motifs is 3. The smallest absolute Gasteiger partial charge is 0.255 e. The van der Waals surface area contributed by atoms with E-state index in [0.29, 0.717) is 17.4 Å². The molecule has 154 valence electrons. The number of methoxy groups -OCH3 is 1. The Morgan fingerprint density at radius 1 is 1.28 bits per heavy atom. The van der Waals surface area contributed by atoms with Gasteiger partial charge in [0, 0.05) is 36.7 Å². The average molecular weight is 396 g/mol. The fourth-order valence-electron chi connectivity index (χ4n) is 4.82. The minimum absolute atomic E-state index is 0.0843. The molecule has 1 saturated heterocycles. The molecule has 6 nitrogen and oxygen atoms in total. The van der Waals surface area contributed by atoms with E-state index in [1.54, 1.807) is 7.11 Å². The van der Waals surface area contributed by atoms with E-state index < -0.39 is 5.91 Å². The number of ether oxygens (including phenoxy) is 2. The molecule has 1 amide bonds. The lowest BCUT2D eigenvalue weighted by atomic mass is 9.78. The zero-order valence-electron chi connectivity index (χ0n) is 17.1. The van der Waals surface area contributed by atoms with Crippen molar-refractivity contribution in [2.45, 2.75) is 37.8 Å². The summed E-state index contributed by atoms with van der Waals surface area (Å²) >= 11 is 0. The molecule has 0 saturated carbocycles. The number of hydrogen-bond acceptors (Lipinski definition) is 5. The third-order valence-corrected chi connectivity index (χ3v) is 6.20. The maximum atomic E-state index is 11.2. The average Bonchev–Trinajstić information content (AvgIpc) is 2.71. The van der Waals surface area contributed by atoms with E-state index in [-0.39, 0.29) is 18.7 Å². The normalized spacial score (nSPS) is 23.8. The topological polar surface area (TPSA) is 90.8 Å². The third kappa shape index (κ3) is 3.82. The molecule has 4 N–H and O–H groups in total. The minimum Gasteiger partial charge on any atom is -0.493 e. The van der Waals surface area contributed by atoms with Gasteiger partial charge in [0.05, 0.1) is 7.11 Å². The number of piperidine rings is 1. The molecule has 0 aliphatic carbocycles. The van der Waals surface area contributed by atoms with Crippen molar-refractivity contribution in [3.05, 3.63) is 58.7 Å². The lowest BCUT2D eigenvalue weighted by Gasteiger charge is -2.46. The lowest BCUT2D eigenvalue weighted by Crippen LogP contribution is -2.49. The molecule has 0 spiro atoms. The van der Waals surface area contributed by atoms with Crippen molar-refractivity contribution >= 4 is 5.91 Å². The van der Waals surface area contributed by atoms with Gasteiger partial charge in [-0.2, -0.15) is 0 Å². The number of carbonyl (C=O) groups is 1. The molecule has 29 heavy (non-hydrogen) atoms. The number of nitrogens with two attached hydrogens (primary N) is 2. The first kappa shape index (κ1) is 19.7. The fraction of sp³-hybridized carbons (Fsp3) is 0.435. The van der Waals surface area contributed by atoms with E-state index in [2.05, 4.69) is 42.2 Å². The van der Waals surface area contributed by atoms with Gasteiger partial charge in [-0.25, -0.2) is 0 Å². The Bertz CT molecular complexity index is 914. The summed E-state index contributed by atoms with van der Waals surface area (Å²) in [6, 6.07) is 13.0. The Balaban J connectivity index is 1.63. The van der Waals surface area contributed by atoms with Gasteiger partial charge in [0.2, 0.25) is 0 Å². The second-order valence-electron chi connectivity index (χ2n) is 8.10. The summed E-state index contributed by atoms with van der Waals surface area (Å²) in [7, 11) is 1.61. The standard InChI is InChI=1S/C23H29N3O3/c1-14-4-3-5-15(10-14)18-12-26-9-8-17-16(20(26)11-19(18)24)6-7-21(28-2)23(17)29-13-22(25)27/h3-7,10,18-20H,8-9,11-13,24H2,1-2H3,(H2,25,27)/t18-,19+,20?/m0/s1. The van der Waals surface area contributed by atoms with Gasteiger partial charge in [0.25, 0.3) is 5.91 Å². The number of primary amides is 1. The highest BCUT2D eigenvalue weighted by atomic mass is 16.5. The van der Waals surface area contributed by atoms with E-state index in [1.807, 2.05) is 6.07 Å². The minimum atomic E-state index is -0.497. The molecule has 2 heterocycles. The summed E-state index contributed by atoms with van der Waals surface area (Å²) in [6.07, 6.45) is 1.72. The van der Waals surface area contributed by atoms with Crippen LogP contribution in [-0.4, -0.2) is 43.7 Å². The summed E-state index contributed by atoms with van der Waals surface area (Å²) < 4.78 is 11.2. The van der Waals surface area contributed by atoms with E-state index in [1.165, 1.54) is 16.7 Å². The zero-order chi connectivity index (χ0) is 20.5. The Labute approximate surface area is 171 Å². The first-order chi connectivity index (χ1) is 14.0. The van der Waals surface area contributed by atoms with Crippen molar-refractivity contribution in [1.82, 2.24) is 4.90 Å². The van der Waals surface area contributed by atoms with Gasteiger partial charge in [-0.3, -0.25) is 9.69 Å². The van der Waals surface area contributed by atoms with Crippen LogP contribution in [0.25, 0.3) is 0 Å². The van der Waals surface area contributed by atoms with E-state index in [9.17, 15) is 4.79 Å². The van der Waals surface area contributed by atoms with Crippen molar-refractivity contribution in [1.29, 1.82) is 0 Å². The zero-order valence-corrected chi connectivity index (χ0v) is 17.1. The molecule has 1 fully saturated rings. The van der Waals surface area contributed by atoms with Crippen LogP contribution < -0.4 is 20.9 Å². The number of nitrogens with zero attached hydrogens (tertiary/aromatic N) is 1. The number of amides is 1. The van der Waals surface area contributed by atoms with Crippen LogP contribution in [0.2, 0.25) is 0 Å². The van der Waals surface area contributed by atoms with Crippen molar-refractivity contribution in [2.75, 3.05) is 26.8 Å². The van der Waals surface area contributed by atoms with Gasteiger partial charge < -0.3 is 20.9 Å². The number of hydrogen-bond donors (Lipinski definition) is 2. The van der Waals surface area contributed by atoms with Crippen LogP contribution >= 0.6 is 0 Å². The van der Waals surface area contributed by atoms with Crippen LogP contribution in [0.3, 0.4) is 0 Å². The van der Waals surface area contributed by atoms with E-state index in [4.69, 9.17) is 20.9 Å². The predicted molar refractivity (Wildman–Crippen MR) is 112 cm³/mol. The van der Waals surface area contributed by atoms with Gasteiger partial charge in [0.15, 0.2) is 18.1 Å². The van der Waals surface area contributed by atoms with Gasteiger partial charge >= 0.3 is 0 Å². The first-order valence-corrected chi connectivity index (χ1v) is 10.1. The number of benzene rings is 2. The molecule has 4 rings (SSSR count). The van der Waals surface area contributed by atoms with Crippen LogP contribution in [-0.2, 0) is 11.2 Å². The third-order valence-electron chi connectivity index (χ3n) is 6.20. The SMILES string of the molecule is COc1ccc2c(c1OCC(N)=O)CCN1C[C@@H](c3cccc(C)c3)[C@H](N)CC21. The Morgan fingerprint density at radius 2 is 2.10 bits per heavy atom. The molecule has 0 radical (unpaired) electrons. The van der Waals surface area contributed by atoms with Gasteiger partial charge in [-0.05, 0) is 37.0 Å². The second kappa shape index (κ2) is 8.05. The highest BCUT2D eigenvalue weighted by Gasteiger charge is 2.39. The van der Waals surface area contributed by atoms with Gasteiger partial charge in [-0.1, -0.05) is 35.9 Å². The first-order valence-electron chi connectivity index (χ1n) is 10.1. The van der Waals surface area contributed by atoms with Crippen LogP contribution in [0.5, 0.6) is 11.5 Å². The van der Waals surface area contributed by atoms with E-state index >= 15 is 0 Å².